The molecule has 0 spiro atoms. The quantitative estimate of drug-likeness (QED) is 0.845. The molecule has 2 aromatic rings. The standard InChI is InChI=1S/C12H9F3N2S/c13-7-3-6(4-8(14)9(7)15)10-11(16)18-12(17-10)5-1-2-5/h3-5H,1-2,16H2. The number of anilines is 1. The number of halogens is 3. The lowest BCUT2D eigenvalue weighted by Crippen LogP contribution is -1.94. The first-order valence-corrected chi connectivity index (χ1v) is 6.29. The maximum absolute atomic E-state index is 13.2. The smallest absolute Gasteiger partial charge is 0.194 e. The molecule has 1 aromatic heterocycles. The molecule has 1 aromatic carbocycles. The van der Waals surface area contributed by atoms with Gasteiger partial charge in [-0.05, 0) is 25.0 Å². The van der Waals surface area contributed by atoms with E-state index in [1.54, 1.807) is 0 Å². The molecule has 2 nitrogen and oxygen atoms in total. The predicted octanol–water partition coefficient (Wildman–Crippen LogP) is 3.69. The first-order chi connectivity index (χ1) is 8.56. The van der Waals surface area contributed by atoms with Crippen molar-refractivity contribution < 1.29 is 13.2 Å². The summed E-state index contributed by atoms with van der Waals surface area (Å²) in [5.74, 6) is -3.52. The van der Waals surface area contributed by atoms with Crippen LogP contribution in [0.5, 0.6) is 0 Å². The molecule has 3 rings (SSSR count). The lowest BCUT2D eigenvalue weighted by Gasteiger charge is -2.01. The molecule has 1 aliphatic carbocycles. The fourth-order valence-corrected chi connectivity index (χ4v) is 2.78. The van der Waals surface area contributed by atoms with Crippen molar-refractivity contribution in [1.29, 1.82) is 0 Å². The van der Waals surface area contributed by atoms with Crippen LogP contribution in [0.25, 0.3) is 11.3 Å². The highest BCUT2D eigenvalue weighted by Gasteiger charge is 2.28. The van der Waals surface area contributed by atoms with E-state index in [2.05, 4.69) is 4.98 Å². The van der Waals surface area contributed by atoms with Gasteiger partial charge in [0.05, 0.1) is 5.01 Å². The van der Waals surface area contributed by atoms with Crippen molar-refractivity contribution in [2.24, 2.45) is 0 Å². The molecule has 1 heterocycles. The topological polar surface area (TPSA) is 38.9 Å². The summed E-state index contributed by atoms with van der Waals surface area (Å²) in [5.41, 5.74) is 6.30. The second-order valence-corrected chi connectivity index (χ2v) is 5.36. The Labute approximate surface area is 105 Å². The van der Waals surface area contributed by atoms with Crippen LogP contribution in [-0.2, 0) is 0 Å². The molecule has 0 atom stereocenters. The largest absolute Gasteiger partial charge is 0.389 e. The minimum Gasteiger partial charge on any atom is -0.389 e. The summed E-state index contributed by atoms with van der Waals surface area (Å²) in [7, 11) is 0. The van der Waals surface area contributed by atoms with Gasteiger partial charge in [-0.2, -0.15) is 0 Å². The predicted molar refractivity (Wildman–Crippen MR) is 63.8 cm³/mol. The Kier molecular flexibility index (Phi) is 2.55. The third-order valence-electron chi connectivity index (χ3n) is 2.85. The molecule has 0 bridgehead atoms. The molecule has 1 aliphatic rings. The van der Waals surface area contributed by atoms with Crippen molar-refractivity contribution in [3.8, 4) is 11.3 Å². The molecule has 0 amide bonds. The Morgan fingerprint density at radius 1 is 1.17 bits per heavy atom. The van der Waals surface area contributed by atoms with Crippen LogP contribution >= 0.6 is 11.3 Å². The number of nitrogens with two attached hydrogens (primary N) is 1. The second-order valence-electron chi connectivity index (χ2n) is 4.29. The number of aromatic nitrogens is 1. The number of benzene rings is 1. The molecule has 0 saturated heterocycles. The monoisotopic (exact) mass is 270 g/mol. The Hall–Kier alpha value is -1.56. The van der Waals surface area contributed by atoms with Crippen molar-refractivity contribution in [2.45, 2.75) is 18.8 Å². The van der Waals surface area contributed by atoms with E-state index >= 15 is 0 Å². The van der Waals surface area contributed by atoms with Gasteiger partial charge in [-0.15, -0.1) is 11.3 Å². The van der Waals surface area contributed by atoms with E-state index in [0.717, 1.165) is 30.0 Å². The maximum atomic E-state index is 13.2. The number of thiazole rings is 1. The lowest BCUT2D eigenvalue weighted by molar-refractivity contribution is 0.447. The summed E-state index contributed by atoms with van der Waals surface area (Å²) in [6.07, 6.45) is 2.14. The third-order valence-corrected chi connectivity index (χ3v) is 3.90. The number of nitrogens with zero attached hydrogens (tertiary/aromatic N) is 1. The van der Waals surface area contributed by atoms with Gasteiger partial charge in [-0.1, -0.05) is 0 Å². The maximum Gasteiger partial charge on any atom is 0.194 e. The Morgan fingerprint density at radius 2 is 1.78 bits per heavy atom. The molecule has 2 N–H and O–H groups in total. The fourth-order valence-electron chi connectivity index (χ4n) is 1.75. The molecule has 94 valence electrons. The van der Waals surface area contributed by atoms with Crippen LogP contribution in [0, 0.1) is 17.5 Å². The molecule has 6 heteroatoms. The normalized spacial score (nSPS) is 15.1. The minimum atomic E-state index is -1.48. The Bertz CT molecular complexity index is 597. The number of rotatable bonds is 2. The molecule has 1 saturated carbocycles. The van der Waals surface area contributed by atoms with Gasteiger partial charge in [0.25, 0.3) is 0 Å². The van der Waals surface area contributed by atoms with Crippen molar-refractivity contribution in [2.75, 3.05) is 5.73 Å². The van der Waals surface area contributed by atoms with Crippen molar-refractivity contribution in [3.63, 3.8) is 0 Å². The average molecular weight is 270 g/mol. The highest BCUT2D eigenvalue weighted by Crippen LogP contribution is 2.45. The van der Waals surface area contributed by atoms with Crippen LogP contribution in [0.4, 0.5) is 18.2 Å². The van der Waals surface area contributed by atoms with Crippen LogP contribution in [0.3, 0.4) is 0 Å². The Balaban J connectivity index is 2.08. The molecule has 0 unspecified atom stereocenters. The number of hydrogen-bond acceptors (Lipinski definition) is 3. The van der Waals surface area contributed by atoms with Crippen LogP contribution in [0.1, 0.15) is 23.8 Å². The molecule has 0 radical (unpaired) electrons. The van der Waals surface area contributed by atoms with Gasteiger partial charge in [0.2, 0.25) is 0 Å². The molecule has 0 aliphatic heterocycles. The first kappa shape index (κ1) is 11.5. The molecular formula is C12H9F3N2S. The summed E-state index contributed by atoms with van der Waals surface area (Å²) in [6.45, 7) is 0. The van der Waals surface area contributed by atoms with Crippen LogP contribution in [0.15, 0.2) is 12.1 Å². The average Bonchev–Trinajstić information content (AvgIpc) is 3.09. The summed E-state index contributed by atoms with van der Waals surface area (Å²) in [5, 5.41) is 1.29. The van der Waals surface area contributed by atoms with Crippen molar-refractivity contribution >= 4 is 16.3 Å². The van der Waals surface area contributed by atoms with E-state index in [-0.39, 0.29) is 5.56 Å². The van der Waals surface area contributed by atoms with Crippen molar-refractivity contribution in [1.82, 2.24) is 4.98 Å². The second kappa shape index (κ2) is 3.98. The SMILES string of the molecule is Nc1sc(C2CC2)nc1-c1cc(F)c(F)c(F)c1. The van der Waals surface area contributed by atoms with Gasteiger partial charge in [0, 0.05) is 11.5 Å². The van der Waals surface area contributed by atoms with Gasteiger partial charge >= 0.3 is 0 Å². The van der Waals surface area contributed by atoms with Crippen LogP contribution in [0.2, 0.25) is 0 Å². The van der Waals surface area contributed by atoms with E-state index in [1.165, 1.54) is 11.3 Å². The summed E-state index contributed by atoms with van der Waals surface area (Å²) >= 11 is 1.32. The highest BCUT2D eigenvalue weighted by atomic mass is 32.1. The van der Waals surface area contributed by atoms with Crippen molar-refractivity contribution in [3.05, 3.63) is 34.6 Å². The molecule has 18 heavy (non-hydrogen) atoms. The number of nitrogen functional groups attached to an aromatic ring is 1. The zero-order valence-electron chi connectivity index (χ0n) is 9.21. The lowest BCUT2D eigenvalue weighted by atomic mass is 10.1. The zero-order chi connectivity index (χ0) is 12.9. The summed E-state index contributed by atoms with van der Waals surface area (Å²) < 4.78 is 39.2. The molecular weight excluding hydrogens is 261 g/mol. The van der Waals surface area contributed by atoms with Gasteiger partial charge in [-0.3, -0.25) is 0 Å². The Morgan fingerprint density at radius 3 is 2.33 bits per heavy atom. The minimum absolute atomic E-state index is 0.173. The summed E-state index contributed by atoms with van der Waals surface area (Å²) in [6, 6.07) is 1.83. The van der Waals surface area contributed by atoms with E-state index in [9.17, 15) is 13.2 Å². The van der Waals surface area contributed by atoms with Crippen LogP contribution in [-0.4, -0.2) is 4.98 Å². The van der Waals surface area contributed by atoms with Gasteiger partial charge in [0.1, 0.15) is 10.7 Å². The van der Waals surface area contributed by atoms with Gasteiger partial charge < -0.3 is 5.73 Å². The van der Waals surface area contributed by atoms with E-state index in [1.807, 2.05) is 0 Å². The highest BCUT2D eigenvalue weighted by molar-refractivity contribution is 7.16. The van der Waals surface area contributed by atoms with E-state index < -0.39 is 17.5 Å². The molecule has 1 fully saturated rings. The number of hydrogen-bond donors (Lipinski definition) is 1. The zero-order valence-corrected chi connectivity index (χ0v) is 10.0. The fraction of sp³-hybridized carbons (Fsp3) is 0.250. The van der Waals surface area contributed by atoms with Gasteiger partial charge in [0.15, 0.2) is 17.5 Å². The van der Waals surface area contributed by atoms with E-state index in [0.29, 0.717) is 16.6 Å². The first-order valence-electron chi connectivity index (χ1n) is 5.47. The van der Waals surface area contributed by atoms with E-state index in [4.69, 9.17) is 5.73 Å². The summed E-state index contributed by atoms with van der Waals surface area (Å²) in [4.78, 5) is 4.29. The van der Waals surface area contributed by atoms with Crippen LogP contribution < -0.4 is 5.73 Å². The van der Waals surface area contributed by atoms with Gasteiger partial charge in [-0.25, -0.2) is 18.2 Å². The third kappa shape index (κ3) is 1.86.